The van der Waals surface area contributed by atoms with Crippen molar-refractivity contribution < 1.29 is 0 Å². The van der Waals surface area contributed by atoms with Crippen molar-refractivity contribution in [1.29, 1.82) is 0 Å². The van der Waals surface area contributed by atoms with E-state index < -0.39 is 0 Å². The summed E-state index contributed by atoms with van der Waals surface area (Å²) < 4.78 is 0. The molecule has 0 aliphatic heterocycles. The standard InChI is InChI=1S/C24H31N/c1-5-7-8-11-23-12-9-10-13-24(23)25-20(4)14-16-22-17-15-21(6-2)18-19(22)3/h9-10,12-18,25H,4-8,11H2,1-3H3/b16-14+. The van der Waals surface area contributed by atoms with Crippen molar-refractivity contribution in [3.63, 3.8) is 0 Å². The lowest BCUT2D eigenvalue weighted by Crippen LogP contribution is -1.99. The van der Waals surface area contributed by atoms with Gasteiger partial charge in [0.05, 0.1) is 0 Å². The van der Waals surface area contributed by atoms with E-state index in [0.29, 0.717) is 0 Å². The first kappa shape index (κ1) is 19.1. The maximum absolute atomic E-state index is 4.17. The van der Waals surface area contributed by atoms with Crippen molar-refractivity contribution >= 4 is 11.8 Å². The van der Waals surface area contributed by atoms with Gasteiger partial charge in [0.2, 0.25) is 0 Å². The fraction of sp³-hybridized carbons (Fsp3) is 0.333. The Bertz CT molecular complexity index is 725. The van der Waals surface area contributed by atoms with Crippen LogP contribution in [-0.4, -0.2) is 0 Å². The van der Waals surface area contributed by atoms with E-state index in [0.717, 1.165) is 18.5 Å². The molecule has 0 aromatic heterocycles. The topological polar surface area (TPSA) is 12.0 Å². The molecule has 0 radical (unpaired) electrons. The number of anilines is 1. The van der Waals surface area contributed by atoms with Crippen molar-refractivity contribution in [2.45, 2.75) is 52.9 Å². The molecule has 1 heteroatoms. The Morgan fingerprint density at radius 1 is 1.08 bits per heavy atom. The van der Waals surface area contributed by atoms with Gasteiger partial charge in [-0.15, -0.1) is 0 Å². The van der Waals surface area contributed by atoms with Crippen LogP contribution in [0.2, 0.25) is 0 Å². The number of rotatable bonds is 9. The van der Waals surface area contributed by atoms with Crippen molar-refractivity contribution in [2.24, 2.45) is 0 Å². The first-order valence-corrected chi connectivity index (χ1v) is 9.45. The quantitative estimate of drug-likeness (QED) is 0.387. The highest BCUT2D eigenvalue weighted by Crippen LogP contribution is 2.20. The maximum atomic E-state index is 4.17. The van der Waals surface area contributed by atoms with E-state index in [1.807, 2.05) is 0 Å². The van der Waals surface area contributed by atoms with Gasteiger partial charge in [0.15, 0.2) is 0 Å². The van der Waals surface area contributed by atoms with Crippen LogP contribution in [-0.2, 0) is 12.8 Å². The molecule has 0 unspecified atom stereocenters. The molecule has 0 heterocycles. The van der Waals surface area contributed by atoms with Gasteiger partial charge in [0.25, 0.3) is 0 Å². The SMILES string of the molecule is C=C(/C=C/c1ccc(CC)cc1C)Nc1ccccc1CCCCC. The van der Waals surface area contributed by atoms with E-state index in [4.69, 9.17) is 0 Å². The molecule has 132 valence electrons. The monoisotopic (exact) mass is 333 g/mol. The summed E-state index contributed by atoms with van der Waals surface area (Å²) in [5, 5.41) is 3.47. The van der Waals surface area contributed by atoms with Crippen LogP contribution >= 0.6 is 0 Å². The van der Waals surface area contributed by atoms with Crippen molar-refractivity contribution in [1.82, 2.24) is 0 Å². The Morgan fingerprint density at radius 3 is 2.60 bits per heavy atom. The molecule has 0 bridgehead atoms. The van der Waals surface area contributed by atoms with Crippen molar-refractivity contribution in [2.75, 3.05) is 5.32 Å². The lowest BCUT2D eigenvalue weighted by atomic mass is 10.0. The minimum Gasteiger partial charge on any atom is -0.356 e. The van der Waals surface area contributed by atoms with E-state index in [1.165, 1.54) is 47.2 Å². The number of aryl methyl sites for hydroxylation is 3. The molecule has 2 rings (SSSR count). The molecule has 0 aliphatic carbocycles. The van der Waals surface area contributed by atoms with Gasteiger partial charge in [-0.1, -0.05) is 75.7 Å². The van der Waals surface area contributed by atoms with Crippen LogP contribution in [0.5, 0.6) is 0 Å². The number of unbranched alkanes of at least 4 members (excludes halogenated alkanes) is 2. The normalized spacial score (nSPS) is 11.0. The predicted molar refractivity (Wildman–Crippen MR) is 112 cm³/mol. The number of para-hydroxylation sites is 1. The van der Waals surface area contributed by atoms with E-state index in [2.05, 4.69) is 87.3 Å². The van der Waals surface area contributed by atoms with Gasteiger partial charge in [-0.2, -0.15) is 0 Å². The van der Waals surface area contributed by atoms with Crippen molar-refractivity contribution in [3.8, 4) is 0 Å². The zero-order valence-corrected chi connectivity index (χ0v) is 15.9. The van der Waals surface area contributed by atoms with Gasteiger partial charge in [-0.25, -0.2) is 0 Å². The Morgan fingerprint density at radius 2 is 1.88 bits per heavy atom. The lowest BCUT2D eigenvalue weighted by molar-refractivity contribution is 0.718. The predicted octanol–water partition coefficient (Wildman–Crippen LogP) is 6.93. The Hall–Kier alpha value is -2.28. The molecular formula is C24H31N. The second-order valence-electron chi connectivity index (χ2n) is 6.64. The van der Waals surface area contributed by atoms with Crippen LogP contribution in [0.1, 0.15) is 55.4 Å². The highest BCUT2D eigenvalue weighted by Gasteiger charge is 2.02. The molecule has 0 spiro atoms. The fourth-order valence-corrected chi connectivity index (χ4v) is 2.98. The average molecular weight is 334 g/mol. The fourth-order valence-electron chi connectivity index (χ4n) is 2.98. The van der Waals surface area contributed by atoms with Crippen LogP contribution in [0.4, 0.5) is 5.69 Å². The largest absolute Gasteiger partial charge is 0.356 e. The maximum Gasteiger partial charge on any atom is 0.0416 e. The number of hydrogen-bond acceptors (Lipinski definition) is 1. The molecule has 0 atom stereocenters. The number of allylic oxidation sites excluding steroid dienone is 1. The van der Waals surface area contributed by atoms with E-state index in [9.17, 15) is 0 Å². The Kier molecular flexibility index (Phi) is 7.53. The van der Waals surface area contributed by atoms with Crippen LogP contribution < -0.4 is 5.32 Å². The van der Waals surface area contributed by atoms with Gasteiger partial charge in [0, 0.05) is 11.4 Å². The second kappa shape index (κ2) is 9.88. The molecule has 2 aromatic carbocycles. The second-order valence-corrected chi connectivity index (χ2v) is 6.64. The van der Waals surface area contributed by atoms with Gasteiger partial charge in [0.1, 0.15) is 0 Å². The summed E-state index contributed by atoms with van der Waals surface area (Å²) in [5.74, 6) is 0. The molecule has 0 aliphatic rings. The third kappa shape index (κ3) is 5.94. The molecule has 0 amide bonds. The third-order valence-corrected chi connectivity index (χ3v) is 4.57. The number of benzene rings is 2. The summed E-state index contributed by atoms with van der Waals surface area (Å²) in [6.45, 7) is 10.8. The first-order valence-electron chi connectivity index (χ1n) is 9.45. The zero-order chi connectivity index (χ0) is 18.1. The van der Waals surface area contributed by atoms with Crippen molar-refractivity contribution in [3.05, 3.63) is 83.1 Å². The molecule has 0 saturated heterocycles. The molecular weight excluding hydrogens is 302 g/mol. The van der Waals surface area contributed by atoms with E-state index in [-0.39, 0.29) is 0 Å². The lowest BCUT2D eigenvalue weighted by Gasteiger charge is -2.12. The minimum atomic E-state index is 0.918. The van der Waals surface area contributed by atoms with Crippen LogP contribution in [0, 0.1) is 6.92 Å². The van der Waals surface area contributed by atoms with Gasteiger partial charge >= 0.3 is 0 Å². The van der Waals surface area contributed by atoms with Gasteiger partial charge in [-0.05, 0) is 60.6 Å². The molecule has 25 heavy (non-hydrogen) atoms. The molecule has 0 fully saturated rings. The summed E-state index contributed by atoms with van der Waals surface area (Å²) in [4.78, 5) is 0. The van der Waals surface area contributed by atoms with E-state index in [1.54, 1.807) is 0 Å². The first-order chi connectivity index (χ1) is 12.1. The Balaban J connectivity index is 2.03. The Labute approximate surface area is 153 Å². The summed E-state index contributed by atoms with van der Waals surface area (Å²) in [7, 11) is 0. The molecule has 1 N–H and O–H groups in total. The minimum absolute atomic E-state index is 0.918. The summed E-state index contributed by atoms with van der Waals surface area (Å²) in [6, 6.07) is 15.2. The van der Waals surface area contributed by atoms with Crippen LogP contribution in [0.15, 0.2) is 60.8 Å². The summed E-state index contributed by atoms with van der Waals surface area (Å²) in [6.07, 6.45) is 10.2. The zero-order valence-electron chi connectivity index (χ0n) is 15.9. The molecule has 0 saturated carbocycles. The molecule has 2 aromatic rings. The van der Waals surface area contributed by atoms with Gasteiger partial charge < -0.3 is 5.32 Å². The number of hydrogen-bond donors (Lipinski definition) is 1. The van der Waals surface area contributed by atoms with Gasteiger partial charge in [-0.3, -0.25) is 0 Å². The summed E-state index contributed by atoms with van der Waals surface area (Å²) >= 11 is 0. The third-order valence-electron chi connectivity index (χ3n) is 4.57. The van der Waals surface area contributed by atoms with Crippen LogP contribution in [0.3, 0.4) is 0 Å². The smallest absolute Gasteiger partial charge is 0.0416 e. The highest BCUT2D eigenvalue weighted by molar-refractivity contribution is 5.61. The highest BCUT2D eigenvalue weighted by atomic mass is 14.9. The number of nitrogens with one attached hydrogen (secondary N) is 1. The van der Waals surface area contributed by atoms with Crippen LogP contribution in [0.25, 0.3) is 6.08 Å². The van der Waals surface area contributed by atoms with E-state index >= 15 is 0 Å². The average Bonchev–Trinajstić information content (AvgIpc) is 2.62. The molecule has 1 nitrogen and oxygen atoms in total. The summed E-state index contributed by atoms with van der Waals surface area (Å²) in [5.41, 5.74) is 7.40.